The lowest BCUT2D eigenvalue weighted by molar-refractivity contribution is -0.131. The predicted octanol–water partition coefficient (Wildman–Crippen LogP) is 4.34. The third kappa shape index (κ3) is 4.15. The number of carbonyl (C=O) groups is 2. The maximum atomic E-state index is 12.9. The lowest BCUT2D eigenvalue weighted by Gasteiger charge is -2.11. The average molecular weight is 403 g/mol. The van der Waals surface area contributed by atoms with Gasteiger partial charge in [-0.05, 0) is 43.3 Å². The van der Waals surface area contributed by atoms with Crippen molar-refractivity contribution in [3.63, 3.8) is 0 Å². The van der Waals surface area contributed by atoms with Crippen molar-refractivity contribution in [2.75, 3.05) is 6.61 Å². The Morgan fingerprint density at radius 2 is 1.75 bits per heavy atom. The molecule has 0 radical (unpaired) electrons. The van der Waals surface area contributed by atoms with Crippen molar-refractivity contribution < 1.29 is 28.2 Å². The molecule has 0 aliphatic rings. The molecule has 0 saturated heterocycles. The molecule has 144 valence electrons. The summed E-state index contributed by atoms with van der Waals surface area (Å²) in [6, 6.07) is 10.5. The van der Waals surface area contributed by atoms with Gasteiger partial charge in [-0.15, -0.1) is 0 Å². The van der Waals surface area contributed by atoms with E-state index in [9.17, 15) is 14.4 Å². The number of fused-ring (bicyclic) bond motifs is 1. The molecule has 2 aromatic carbocycles. The Kier molecular flexibility index (Phi) is 5.65. The van der Waals surface area contributed by atoms with E-state index < -0.39 is 23.1 Å². The summed E-state index contributed by atoms with van der Waals surface area (Å²) in [5.74, 6) is -1.64. The lowest BCUT2D eigenvalue weighted by Crippen LogP contribution is -2.14. The number of hydrogen-bond acceptors (Lipinski definition) is 7. The summed E-state index contributed by atoms with van der Waals surface area (Å²) in [4.78, 5) is 36.4. The van der Waals surface area contributed by atoms with Crippen LogP contribution in [-0.2, 0) is 9.53 Å². The van der Waals surface area contributed by atoms with Crippen LogP contribution in [0.4, 0.5) is 0 Å². The molecule has 1 heterocycles. The molecule has 0 saturated carbocycles. The average Bonchev–Trinajstić information content (AvgIpc) is 2.65. The Labute approximate surface area is 164 Å². The van der Waals surface area contributed by atoms with Gasteiger partial charge < -0.3 is 18.6 Å². The molecule has 0 amide bonds. The first-order valence-electron chi connectivity index (χ1n) is 8.29. The lowest BCUT2D eigenvalue weighted by atomic mass is 10.2. The van der Waals surface area contributed by atoms with E-state index in [4.69, 9.17) is 30.2 Å². The fourth-order valence-electron chi connectivity index (χ4n) is 2.43. The summed E-state index contributed by atoms with van der Waals surface area (Å²) in [5.41, 5.74) is -0.524. The van der Waals surface area contributed by atoms with Gasteiger partial charge in [-0.3, -0.25) is 9.59 Å². The standard InChI is InChI=1S/C20H15ClO7/c1-3-25-20(24)19-18(27-13-6-4-12(21)5-7-13)17(23)15-9-8-14(26-11(2)22)10-16(15)28-19/h4-10H,3H2,1-2H3. The molecule has 0 N–H and O–H groups in total. The Bertz CT molecular complexity index is 1100. The normalized spacial score (nSPS) is 10.5. The fraction of sp³-hybridized carbons (Fsp3) is 0.150. The molecule has 28 heavy (non-hydrogen) atoms. The number of ether oxygens (including phenoxy) is 3. The summed E-state index contributed by atoms with van der Waals surface area (Å²) >= 11 is 5.85. The number of benzene rings is 2. The van der Waals surface area contributed by atoms with E-state index in [1.807, 2.05) is 0 Å². The van der Waals surface area contributed by atoms with Gasteiger partial charge in [0.1, 0.15) is 17.1 Å². The Morgan fingerprint density at radius 3 is 2.39 bits per heavy atom. The molecule has 0 unspecified atom stereocenters. The molecule has 0 spiro atoms. The number of carbonyl (C=O) groups excluding carboxylic acids is 2. The van der Waals surface area contributed by atoms with Gasteiger partial charge in [-0.2, -0.15) is 0 Å². The quantitative estimate of drug-likeness (QED) is 0.463. The van der Waals surface area contributed by atoms with Crippen LogP contribution in [0.25, 0.3) is 11.0 Å². The summed E-state index contributed by atoms with van der Waals surface area (Å²) < 4.78 is 21.2. The molecule has 7 nitrogen and oxygen atoms in total. The minimum Gasteiger partial charge on any atom is -0.460 e. The molecular formula is C20H15ClO7. The minimum absolute atomic E-state index is 0.0512. The molecule has 8 heteroatoms. The predicted molar refractivity (Wildman–Crippen MR) is 101 cm³/mol. The van der Waals surface area contributed by atoms with Gasteiger partial charge >= 0.3 is 11.9 Å². The monoisotopic (exact) mass is 402 g/mol. The van der Waals surface area contributed by atoms with Gasteiger partial charge in [-0.25, -0.2) is 4.79 Å². The first-order valence-corrected chi connectivity index (χ1v) is 8.66. The van der Waals surface area contributed by atoms with Gasteiger partial charge in [0, 0.05) is 18.0 Å². The van der Waals surface area contributed by atoms with Gasteiger partial charge in [0.15, 0.2) is 0 Å². The highest BCUT2D eigenvalue weighted by Crippen LogP contribution is 2.29. The van der Waals surface area contributed by atoms with Crippen LogP contribution in [-0.4, -0.2) is 18.5 Å². The minimum atomic E-state index is -0.858. The van der Waals surface area contributed by atoms with E-state index in [1.54, 1.807) is 31.2 Å². The van der Waals surface area contributed by atoms with Gasteiger partial charge in [-0.1, -0.05) is 11.6 Å². The van der Waals surface area contributed by atoms with Crippen molar-refractivity contribution >= 4 is 34.5 Å². The second-order valence-corrected chi connectivity index (χ2v) is 6.05. The molecule has 0 atom stereocenters. The Morgan fingerprint density at radius 1 is 1.07 bits per heavy atom. The van der Waals surface area contributed by atoms with E-state index in [2.05, 4.69) is 0 Å². The van der Waals surface area contributed by atoms with Crippen molar-refractivity contribution in [3.05, 3.63) is 63.5 Å². The van der Waals surface area contributed by atoms with Crippen LogP contribution in [0.3, 0.4) is 0 Å². The SMILES string of the molecule is CCOC(=O)c1oc2cc(OC(C)=O)ccc2c(=O)c1Oc1ccc(Cl)cc1. The molecule has 0 fully saturated rings. The van der Waals surface area contributed by atoms with Crippen LogP contribution in [0.1, 0.15) is 24.4 Å². The van der Waals surface area contributed by atoms with Crippen molar-refractivity contribution in [1.82, 2.24) is 0 Å². The zero-order chi connectivity index (χ0) is 20.3. The Balaban J connectivity index is 2.16. The van der Waals surface area contributed by atoms with E-state index in [0.717, 1.165) is 0 Å². The third-order valence-electron chi connectivity index (χ3n) is 3.58. The van der Waals surface area contributed by atoms with Crippen molar-refractivity contribution in [2.45, 2.75) is 13.8 Å². The molecule has 0 aliphatic heterocycles. The van der Waals surface area contributed by atoms with Crippen LogP contribution in [0.15, 0.2) is 51.7 Å². The fourth-order valence-corrected chi connectivity index (χ4v) is 2.56. The van der Waals surface area contributed by atoms with E-state index in [-0.39, 0.29) is 34.8 Å². The maximum Gasteiger partial charge on any atom is 0.378 e. The second kappa shape index (κ2) is 8.14. The van der Waals surface area contributed by atoms with Crippen LogP contribution in [0.5, 0.6) is 17.2 Å². The van der Waals surface area contributed by atoms with Gasteiger partial charge in [0.2, 0.25) is 11.2 Å². The molecule has 0 aliphatic carbocycles. The first-order chi connectivity index (χ1) is 13.4. The Hall–Kier alpha value is -3.32. The molecule has 0 bridgehead atoms. The number of halogens is 1. The van der Waals surface area contributed by atoms with E-state index in [1.165, 1.54) is 25.1 Å². The summed E-state index contributed by atoms with van der Waals surface area (Å²) in [7, 11) is 0. The number of rotatable bonds is 5. The smallest absolute Gasteiger partial charge is 0.378 e. The highest BCUT2D eigenvalue weighted by atomic mass is 35.5. The zero-order valence-corrected chi connectivity index (χ0v) is 15.7. The summed E-state index contributed by atoms with van der Waals surface area (Å²) in [6.45, 7) is 2.94. The van der Waals surface area contributed by atoms with Crippen LogP contribution in [0, 0.1) is 0 Å². The molecule has 3 rings (SSSR count). The first kappa shape index (κ1) is 19.4. The zero-order valence-electron chi connectivity index (χ0n) is 15.0. The van der Waals surface area contributed by atoms with E-state index >= 15 is 0 Å². The maximum absolute atomic E-state index is 12.9. The molecular weight excluding hydrogens is 388 g/mol. The van der Waals surface area contributed by atoms with Gasteiger partial charge in [0.25, 0.3) is 5.76 Å². The van der Waals surface area contributed by atoms with Crippen LogP contribution >= 0.6 is 11.6 Å². The van der Waals surface area contributed by atoms with Gasteiger partial charge in [0.05, 0.1) is 12.0 Å². The second-order valence-electron chi connectivity index (χ2n) is 5.62. The van der Waals surface area contributed by atoms with Crippen LogP contribution in [0.2, 0.25) is 5.02 Å². The number of esters is 2. The summed E-state index contributed by atoms with van der Waals surface area (Å²) in [6.07, 6.45) is 0. The highest BCUT2D eigenvalue weighted by Gasteiger charge is 2.24. The van der Waals surface area contributed by atoms with Crippen molar-refractivity contribution in [1.29, 1.82) is 0 Å². The molecule has 1 aromatic heterocycles. The van der Waals surface area contributed by atoms with Crippen molar-refractivity contribution in [2.24, 2.45) is 0 Å². The van der Waals surface area contributed by atoms with E-state index in [0.29, 0.717) is 5.02 Å². The highest BCUT2D eigenvalue weighted by molar-refractivity contribution is 6.30. The topological polar surface area (TPSA) is 92.0 Å². The summed E-state index contributed by atoms with van der Waals surface area (Å²) in [5, 5.41) is 0.634. The molecule has 3 aromatic rings. The number of hydrogen-bond donors (Lipinski definition) is 0. The largest absolute Gasteiger partial charge is 0.460 e. The van der Waals surface area contributed by atoms with Crippen molar-refractivity contribution in [3.8, 4) is 17.2 Å². The third-order valence-corrected chi connectivity index (χ3v) is 3.83. The van der Waals surface area contributed by atoms with Crippen LogP contribution < -0.4 is 14.9 Å².